The fraction of sp³-hybridized carbons (Fsp3) is 0.474. The number of carbonyl (C=O) groups excluding carboxylic acids is 1. The quantitative estimate of drug-likeness (QED) is 0.907. The van der Waals surface area contributed by atoms with E-state index in [2.05, 4.69) is 15.3 Å². The molecule has 0 aliphatic carbocycles. The summed E-state index contributed by atoms with van der Waals surface area (Å²) >= 11 is 0. The van der Waals surface area contributed by atoms with Crippen LogP contribution in [0.5, 0.6) is 5.75 Å². The Kier molecular flexibility index (Phi) is 5.26. The smallest absolute Gasteiger partial charge is 0.251 e. The summed E-state index contributed by atoms with van der Waals surface area (Å²) in [6.45, 7) is 6.33. The van der Waals surface area contributed by atoms with Crippen LogP contribution in [0.25, 0.3) is 0 Å². The Morgan fingerprint density at radius 2 is 2.28 bits per heavy atom. The Balaban J connectivity index is 1.65. The van der Waals surface area contributed by atoms with Gasteiger partial charge in [0.2, 0.25) is 0 Å². The van der Waals surface area contributed by atoms with Crippen LogP contribution in [0.15, 0.2) is 30.6 Å². The fourth-order valence-corrected chi connectivity index (χ4v) is 3.22. The minimum atomic E-state index is -0.0426. The van der Waals surface area contributed by atoms with E-state index >= 15 is 0 Å². The van der Waals surface area contributed by atoms with Crippen molar-refractivity contribution >= 4 is 11.6 Å². The van der Waals surface area contributed by atoms with E-state index in [9.17, 15) is 4.79 Å². The lowest BCUT2D eigenvalue weighted by molar-refractivity contribution is 0.0932. The molecule has 1 aromatic heterocycles. The molecule has 0 radical (unpaired) electrons. The van der Waals surface area contributed by atoms with Crippen LogP contribution in [0.3, 0.4) is 0 Å². The van der Waals surface area contributed by atoms with Crippen LogP contribution < -0.4 is 15.0 Å². The number of benzene rings is 1. The van der Waals surface area contributed by atoms with Crippen LogP contribution >= 0.6 is 0 Å². The molecule has 3 rings (SSSR count). The molecular weight excluding hydrogens is 316 g/mol. The van der Waals surface area contributed by atoms with Crippen LogP contribution in [0, 0.1) is 6.92 Å². The molecule has 1 saturated heterocycles. The molecule has 1 atom stereocenters. The maximum atomic E-state index is 12.6. The Labute approximate surface area is 148 Å². The first kappa shape index (κ1) is 17.3. The van der Waals surface area contributed by atoms with Gasteiger partial charge in [-0.15, -0.1) is 0 Å². The largest absolute Gasteiger partial charge is 0.494 e. The first-order valence-electron chi connectivity index (χ1n) is 8.84. The van der Waals surface area contributed by atoms with Gasteiger partial charge in [0.05, 0.1) is 18.5 Å². The van der Waals surface area contributed by atoms with Gasteiger partial charge in [-0.25, -0.2) is 0 Å². The zero-order valence-electron chi connectivity index (χ0n) is 15.2. The topological polar surface area (TPSA) is 59.4 Å². The van der Waals surface area contributed by atoms with Crippen LogP contribution in [-0.4, -0.2) is 41.4 Å². The van der Waals surface area contributed by atoms with Crippen molar-refractivity contribution in [3.63, 3.8) is 0 Å². The molecule has 0 spiro atoms. The summed E-state index contributed by atoms with van der Waals surface area (Å²) < 4.78 is 7.40. The van der Waals surface area contributed by atoms with Gasteiger partial charge in [-0.05, 0) is 44.4 Å². The van der Waals surface area contributed by atoms with E-state index in [0.717, 1.165) is 42.9 Å². The number of piperidine rings is 1. The molecule has 0 saturated carbocycles. The minimum absolute atomic E-state index is 0.0426. The number of carbonyl (C=O) groups is 1. The minimum Gasteiger partial charge on any atom is -0.494 e. The summed E-state index contributed by atoms with van der Waals surface area (Å²) in [4.78, 5) is 14.9. The summed E-state index contributed by atoms with van der Waals surface area (Å²) in [5, 5.41) is 7.40. The highest BCUT2D eigenvalue weighted by atomic mass is 16.5. The highest BCUT2D eigenvalue weighted by molar-refractivity contribution is 5.95. The second-order valence-electron chi connectivity index (χ2n) is 6.54. The van der Waals surface area contributed by atoms with Crippen molar-refractivity contribution in [3.05, 3.63) is 41.7 Å². The highest BCUT2D eigenvalue weighted by Crippen LogP contribution is 2.21. The van der Waals surface area contributed by atoms with E-state index in [-0.39, 0.29) is 11.9 Å². The van der Waals surface area contributed by atoms with Crippen molar-refractivity contribution in [2.24, 2.45) is 7.05 Å². The third-order valence-corrected chi connectivity index (χ3v) is 4.56. The number of hydrogen-bond acceptors (Lipinski definition) is 4. The SMILES string of the molecule is CCOc1cc(C(=O)NC2CCCN(c3cnn(C)c3)C2)ccc1C. The second kappa shape index (κ2) is 7.59. The number of anilines is 1. The molecule has 134 valence electrons. The van der Waals surface area contributed by atoms with Gasteiger partial charge in [0.15, 0.2) is 0 Å². The normalized spacial score (nSPS) is 17.4. The summed E-state index contributed by atoms with van der Waals surface area (Å²) in [6, 6.07) is 5.76. The average molecular weight is 342 g/mol. The summed E-state index contributed by atoms with van der Waals surface area (Å²) in [5.74, 6) is 0.731. The number of aromatic nitrogens is 2. The third-order valence-electron chi connectivity index (χ3n) is 4.56. The number of rotatable bonds is 5. The molecule has 1 fully saturated rings. The van der Waals surface area contributed by atoms with E-state index in [1.54, 1.807) is 4.68 Å². The summed E-state index contributed by atoms with van der Waals surface area (Å²) in [7, 11) is 1.92. The van der Waals surface area contributed by atoms with Crippen molar-refractivity contribution in [1.29, 1.82) is 0 Å². The van der Waals surface area contributed by atoms with Gasteiger partial charge in [0.1, 0.15) is 5.75 Å². The van der Waals surface area contributed by atoms with Crippen molar-refractivity contribution in [2.75, 3.05) is 24.6 Å². The Morgan fingerprint density at radius 3 is 3.00 bits per heavy atom. The molecule has 2 aromatic rings. The van der Waals surface area contributed by atoms with Gasteiger partial charge >= 0.3 is 0 Å². The number of hydrogen-bond donors (Lipinski definition) is 1. The monoisotopic (exact) mass is 342 g/mol. The third kappa shape index (κ3) is 4.13. The van der Waals surface area contributed by atoms with E-state index < -0.39 is 0 Å². The van der Waals surface area contributed by atoms with Gasteiger partial charge in [-0.3, -0.25) is 9.48 Å². The van der Waals surface area contributed by atoms with Gasteiger partial charge in [-0.2, -0.15) is 5.10 Å². The summed E-state index contributed by atoms with van der Waals surface area (Å²) in [5.41, 5.74) is 2.79. The van der Waals surface area contributed by atoms with Gasteiger partial charge in [0.25, 0.3) is 5.91 Å². The van der Waals surface area contributed by atoms with Gasteiger partial charge in [0, 0.05) is 37.9 Å². The van der Waals surface area contributed by atoms with Crippen molar-refractivity contribution in [1.82, 2.24) is 15.1 Å². The molecule has 1 aliphatic heterocycles. The maximum Gasteiger partial charge on any atom is 0.251 e. The molecule has 6 nitrogen and oxygen atoms in total. The predicted octanol–water partition coefficient (Wildman–Crippen LogP) is 2.53. The van der Waals surface area contributed by atoms with Crippen LogP contribution in [0.2, 0.25) is 0 Å². The van der Waals surface area contributed by atoms with E-state index in [1.165, 1.54) is 0 Å². The summed E-state index contributed by atoms with van der Waals surface area (Å²) in [6.07, 6.45) is 5.93. The molecule has 1 unspecified atom stereocenters. The number of ether oxygens (including phenoxy) is 1. The Bertz CT molecular complexity index is 741. The number of nitrogens with one attached hydrogen (secondary N) is 1. The molecular formula is C19H26N4O2. The lowest BCUT2D eigenvalue weighted by Crippen LogP contribution is -2.47. The molecule has 1 N–H and O–H groups in total. The maximum absolute atomic E-state index is 12.6. The molecule has 6 heteroatoms. The molecule has 2 heterocycles. The average Bonchev–Trinajstić information content (AvgIpc) is 3.04. The van der Waals surface area contributed by atoms with Crippen molar-refractivity contribution in [2.45, 2.75) is 32.7 Å². The van der Waals surface area contributed by atoms with Crippen molar-refractivity contribution in [3.8, 4) is 5.75 Å². The van der Waals surface area contributed by atoms with Crippen molar-refractivity contribution < 1.29 is 9.53 Å². The molecule has 1 aromatic carbocycles. The number of aryl methyl sites for hydroxylation is 2. The van der Waals surface area contributed by atoms with E-state index in [1.807, 2.05) is 51.5 Å². The Morgan fingerprint density at radius 1 is 1.44 bits per heavy atom. The van der Waals surface area contributed by atoms with Gasteiger partial charge < -0.3 is 15.0 Å². The molecule has 25 heavy (non-hydrogen) atoms. The molecule has 1 amide bonds. The fourth-order valence-electron chi connectivity index (χ4n) is 3.22. The lowest BCUT2D eigenvalue weighted by Gasteiger charge is -2.33. The predicted molar refractivity (Wildman–Crippen MR) is 98.3 cm³/mol. The van der Waals surface area contributed by atoms with Crippen LogP contribution in [-0.2, 0) is 7.05 Å². The molecule has 0 bridgehead atoms. The first-order valence-corrected chi connectivity index (χ1v) is 8.84. The highest BCUT2D eigenvalue weighted by Gasteiger charge is 2.23. The lowest BCUT2D eigenvalue weighted by atomic mass is 10.0. The van der Waals surface area contributed by atoms with E-state index in [4.69, 9.17) is 4.74 Å². The van der Waals surface area contributed by atoms with Crippen LogP contribution in [0.4, 0.5) is 5.69 Å². The zero-order chi connectivity index (χ0) is 17.8. The number of amides is 1. The van der Waals surface area contributed by atoms with Gasteiger partial charge in [-0.1, -0.05) is 6.07 Å². The zero-order valence-corrected chi connectivity index (χ0v) is 15.2. The first-order chi connectivity index (χ1) is 12.1. The Hall–Kier alpha value is -2.50. The second-order valence-corrected chi connectivity index (χ2v) is 6.54. The standard InChI is InChI=1S/C19H26N4O2/c1-4-25-18-10-15(8-7-14(18)2)19(24)21-16-6-5-9-23(12-16)17-11-20-22(3)13-17/h7-8,10-11,13,16H,4-6,9,12H2,1-3H3,(H,21,24). The molecule has 1 aliphatic rings. The van der Waals surface area contributed by atoms with Crippen LogP contribution in [0.1, 0.15) is 35.7 Å². The van der Waals surface area contributed by atoms with E-state index in [0.29, 0.717) is 12.2 Å². The number of nitrogens with zero attached hydrogens (tertiary/aromatic N) is 3.